The average molecular weight is 384 g/mol. The number of pyridine rings is 1. The SMILES string of the molecule is Cc1c(Cl)cccc1NC(=O)C1CCc2nc(-c3cccnc3)sc2C1. The van der Waals surface area contributed by atoms with Crippen LogP contribution in [0.25, 0.3) is 10.6 Å². The lowest BCUT2D eigenvalue weighted by molar-refractivity contribution is -0.120. The number of fused-ring (bicyclic) bond motifs is 1. The number of aromatic nitrogens is 2. The summed E-state index contributed by atoms with van der Waals surface area (Å²) in [7, 11) is 0. The number of anilines is 1. The van der Waals surface area contributed by atoms with Crippen molar-refractivity contribution in [3.05, 3.63) is 63.9 Å². The molecule has 2 heterocycles. The highest BCUT2D eigenvalue weighted by molar-refractivity contribution is 7.15. The van der Waals surface area contributed by atoms with Gasteiger partial charge in [-0.05, 0) is 56.0 Å². The summed E-state index contributed by atoms with van der Waals surface area (Å²) in [4.78, 5) is 22.9. The molecule has 1 unspecified atom stereocenters. The molecule has 0 aliphatic heterocycles. The summed E-state index contributed by atoms with van der Waals surface area (Å²) < 4.78 is 0. The fourth-order valence-corrected chi connectivity index (χ4v) is 4.54. The van der Waals surface area contributed by atoms with Crippen LogP contribution in [0.3, 0.4) is 0 Å². The van der Waals surface area contributed by atoms with Gasteiger partial charge in [0.25, 0.3) is 0 Å². The number of benzene rings is 1. The van der Waals surface area contributed by atoms with Crippen molar-refractivity contribution in [1.82, 2.24) is 9.97 Å². The lowest BCUT2D eigenvalue weighted by Crippen LogP contribution is -2.28. The average Bonchev–Trinajstić information content (AvgIpc) is 3.09. The Morgan fingerprint density at radius 3 is 3.00 bits per heavy atom. The molecule has 1 atom stereocenters. The van der Waals surface area contributed by atoms with Gasteiger partial charge < -0.3 is 5.32 Å². The molecule has 0 radical (unpaired) electrons. The van der Waals surface area contributed by atoms with Gasteiger partial charge in [0.05, 0.1) is 5.69 Å². The fraction of sp³-hybridized carbons (Fsp3) is 0.250. The molecule has 1 aliphatic carbocycles. The molecule has 1 aliphatic rings. The van der Waals surface area contributed by atoms with Crippen LogP contribution in [0.1, 0.15) is 22.6 Å². The zero-order valence-corrected chi connectivity index (χ0v) is 15.9. The summed E-state index contributed by atoms with van der Waals surface area (Å²) in [5.74, 6) is 0.0143. The van der Waals surface area contributed by atoms with Crippen molar-refractivity contribution in [2.45, 2.75) is 26.2 Å². The second-order valence-electron chi connectivity index (χ2n) is 6.47. The Morgan fingerprint density at radius 2 is 2.19 bits per heavy atom. The summed E-state index contributed by atoms with van der Waals surface area (Å²) in [5, 5.41) is 4.69. The standard InChI is InChI=1S/C20H18ClN3OS/c1-12-15(21)5-2-6-16(12)23-19(25)13-7-8-17-18(10-13)26-20(24-17)14-4-3-9-22-11-14/h2-6,9,11,13H,7-8,10H2,1H3,(H,23,25). The molecule has 0 saturated heterocycles. The molecule has 26 heavy (non-hydrogen) atoms. The topological polar surface area (TPSA) is 54.9 Å². The Kier molecular flexibility index (Phi) is 4.74. The number of halogens is 1. The largest absolute Gasteiger partial charge is 0.326 e. The van der Waals surface area contributed by atoms with Crippen LogP contribution < -0.4 is 5.32 Å². The molecule has 0 fully saturated rings. The number of amides is 1. The Labute approximate surface area is 161 Å². The van der Waals surface area contributed by atoms with Crippen LogP contribution >= 0.6 is 22.9 Å². The van der Waals surface area contributed by atoms with E-state index < -0.39 is 0 Å². The zero-order valence-electron chi connectivity index (χ0n) is 14.3. The van der Waals surface area contributed by atoms with Crippen molar-refractivity contribution >= 4 is 34.5 Å². The maximum absolute atomic E-state index is 12.7. The molecule has 2 aromatic heterocycles. The third-order valence-electron chi connectivity index (χ3n) is 4.74. The Morgan fingerprint density at radius 1 is 1.31 bits per heavy atom. The van der Waals surface area contributed by atoms with Gasteiger partial charge in [-0.2, -0.15) is 0 Å². The van der Waals surface area contributed by atoms with Gasteiger partial charge in [0.2, 0.25) is 5.91 Å². The van der Waals surface area contributed by atoms with E-state index in [9.17, 15) is 4.79 Å². The van der Waals surface area contributed by atoms with Crippen molar-refractivity contribution < 1.29 is 4.79 Å². The van der Waals surface area contributed by atoms with Crippen LogP contribution in [0.2, 0.25) is 5.02 Å². The number of carbonyl (C=O) groups excluding carboxylic acids is 1. The third kappa shape index (κ3) is 3.37. The first-order valence-electron chi connectivity index (χ1n) is 8.57. The molecule has 1 amide bonds. The Balaban J connectivity index is 1.50. The fourth-order valence-electron chi connectivity index (χ4n) is 3.19. The molecule has 6 heteroatoms. The van der Waals surface area contributed by atoms with Crippen LogP contribution in [0.15, 0.2) is 42.7 Å². The van der Waals surface area contributed by atoms with Crippen LogP contribution in [0, 0.1) is 12.8 Å². The molecular weight excluding hydrogens is 366 g/mol. The molecule has 4 rings (SSSR count). The van der Waals surface area contributed by atoms with E-state index >= 15 is 0 Å². The van der Waals surface area contributed by atoms with Crippen molar-refractivity contribution in [3.63, 3.8) is 0 Å². The van der Waals surface area contributed by atoms with Crippen molar-refractivity contribution in [3.8, 4) is 10.6 Å². The quantitative estimate of drug-likeness (QED) is 0.699. The van der Waals surface area contributed by atoms with E-state index in [0.29, 0.717) is 5.02 Å². The molecule has 3 aromatic rings. The number of rotatable bonds is 3. The molecule has 4 nitrogen and oxygen atoms in total. The first-order valence-corrected chi connectivity index (χ1v) is 9.76. The minimum Gasteiger partial charge on any atom is -0.326 e. The molecule has 0 spiro atoms. The van der Waals surface area contributed by atoms with Gasteiger partial charge in [0.15, 0.2) is 0 Å². The second-order valence-corrected chi connectivity index (χ2v) is 7.96. The maximum atomic E-state index is 12.7. The molecular formula is C20H18ClN3OS. The minimum absolute atomic E-state index is 0.0388. The molecule has 1 aromatic carbocycles. The van der Waals surface area contributed by atoms with E-state index in [4.69, 9.17) is 16.6 Å². The number of aryl methyl sites for hydroxylation is 1. The molecule has 0 saturated carbocycles. The first-order chi connectivity index (χ1) is 12.6. The van der Waals surface area contributed by atoms with E-state index in [1.807, 2.05) is 43.5 Å². The lowest BCUT2D eigenvalue weighted by atomic mass is 9.90. The van der Waals surface area contributed by atoms with Crippen LogP contribution in [-0.2, 0) is 17.6 Å². The van der Waals surface area contributed by atoms with Crippen molar-refractivity contribution in [2.24, 2.45) is 5.92 Å². The van der Waals surface area contributed by atoms with Gasteiger partial charge in [-0.3, -0.25) is 9.78 Å². The van der Waals surface area contributed by atoms with Gasteiger partial charge >= 0.3 is 0 Å². The van der Waals surface area contributed by atoms with E-state index in [1.54, 1.807) is 17.5 Å². The first kappa shape index (κ1) is 17.2. The summed E-state index contributed by atoms with van der Waals surface area (Å²) in [6.45, 7) is 1.92. The van der Waals surface area contributed by atoms with E-state index in [0.717, 1.165) is 46.8 Å². The third-order valence-corrected chi connectivity index (χ3v) is 6.32. The summed E-state index contributed by atoms with van der Waals surface area (Å²) in [5.41, 5.74) is 3.84. The van der Waals surface area contributed by atoms with Gasteiger partial charge in [-0.25, -0.2) is 4.98 Å². The monoisotopic (exact) mass is 383 g/mol. The van der Waals surface area contributed by atoms with Crippen LogP contribution in [0.5, 0.6) is 0 Å². The number of nitrogens with zero attached hydrogens (tertiary/aromatic N) is 2. The van der Waals surface area contributed by atoms with Crippen molar-refractivity contribution in [2.75, 3.05) is 5.32 Å². The van der Waals surface area contributed by atoms with Gasteiger partial charge in [-0.15, -0.1) is 11.3 Å². The summed E-state index contributed by atoms with van der Waals surface area (Å²) in [6, 6.07) is 9.51. The van der Waals surface area contributed by atoms with Crippen LogP contribution in [-0.4, -0.2) is 15.9 Å². The Bertz CT molecular complexity index is 955. The predicted octanol–water partition coefficient (Wildman–Crippen LogP) is 4.91. The van der Waals surface area contributed by atoms with Crippen LogP contribution in [0.4, 0.5) is 5.69 Å². The smallest absolute Gasteiger partial charge is 0.227 e. The second kappa shape index (κ2) is 7.17. The number of hydrogen-bond acceptors (Lipinski definition) is 4. The van der Waals surface area contributed by atoms with Crippen molar-refractivity contribution in [1.29, 1.82) is 0 Å². The molecule has 132 valence electrons. The molecule has 0 bridgehead atoms. The normalized spacial score (nSPS) is 16.2. The van der Waals surface area contributed by atoms with E-state index in [-0.39, 0.29) is 11.8 Å². The maximum Gasteiger partial charge on any atom is 0.227 e. The lowest BCUT2D eigenvalue weighted by Gasteiger charge is -2.21. The van der Waals surface area contributed by atoms with E-state index in [1.165, 1.54) is 4.88 Å². The predicted molar refractivity (Wildman–Crippen MR) is 106 cm³/mol. The highest BCUT2D eigenvalue weighted by Crippen LogP contribution is 2.35. The Hall–Kier alpha value is -2.24. The van der Waals surface area contributed by atoms with Gasteiger partial charge in [-0.1, -0.05) is 17.7 Å². The molecule has 1 N–H and O–H groups in total. The van der Waals surface area contributed by atoms with E-state index in [2.05, 4.69) is 10.3 Å². The summed E-state index contributed by atoms with van der Waals surface area (Å²) >= 11 is 7.82. The number of thiazole rings is 1. The minimum atomic E-state index is -0.0388. The van der Waals surface area contributed by atoms with Gasteiger partial charge in [0, 0.05) is 39.5 Å². The zero-order chi connectivity index (χ0) is 18.1. The number of carbonyl (C=O) groups is 1. The number of nitrogens with one attached hydrogen (secondary N) is 1. The highest BCUT2D eigenvalue weighted by Gasteiger charge is 2.28. The summed E-state index contributed by atoms with van der Waals surface area (Å²) in [6.07, 6.45) is 5.97. The number of hydrogen-bond donors (Lipinski definition) is 1. The van der Waals surface area contributed by atoms with Gasteiger partial charge in [0.1, 0.15) is 5.01 Å². The highest BCUT2D eigenvalue weighted by atomic mass is 35.5.